The fourth-order valence-electron chi connectivity index (χ4n) is 4.03. The van der Waals surface area contributed by atoms with Gasteiger partial charge in [0.1, 0.15) is 5.82 Å². The number of rotatable bonds is 7. The van der Waals surface area contributed by atoms with E-state index in [0.29, 0.717) is 29.1 Å². The van der Waals surface area contributed by atoms with Gasteiger partial charge in [-0.25, -0.2) is 17.8 Å². The van der Waals surface area contributed by atoms with Crippen LogP contribution in [0.3, 0.4) is 0 Å². The highest BCUT2D eigenvalue weighted by molar-refractivity contribution is 7.90. The lowest BCUT2D eigenvalue weighted by Crippen LogP contribution is -2.30. The fourth-order valence-corrected chi connectivity index (χ4v) is 4.66. The summed E-state index contributed by atoms with van der Waals surface area (Å²) in [5.41, 5.74) is 8.26. The van der Waals surface area contributed by atoms with Gasteiger partial charge in [0, 0.05) is 23.0 Å². The quantitative estimate of drug-likeness (QED) is 0.408. The summed E-state index contributed by atoms with van der Waals surface area (Å²) < 4.78 is 39.0. The standard InChI is InChI=1S/C25H25FN4O3S/c1-25(2,15-16-4-7-18(26)8-5-16)30-22-13-6-17(23(27)31)14-21(22)29-24(30)28-19-9-11-20(12-10-19)34(3,32)33/h4-14H,15H2,1-3H3,(H2,27,31)(H,28,29). The van der Waals surface area contributed by atoms with Crippen LogP contribution in [0.4, 0.5) is 16.0 Å². The number of primary amides is 1. The van der Waals surface area contributed by atoms with E-state index in [-0.39, 0.29) is 10.7 Å². The van der Waals surface area contributed by atoms with E-state index < -0.39 is 21.3 Å². The summed E-state index contributed by atoms with van der Waals surface area (Å²) in [6, 6.07) is 17.8. The average Bonchev–Trinajstić information content (AvgIpc) is 3.12. The molecule has 0 unspecified atom stereocenters. The first-order valence-electron chi connectivity index (χ1n) is 10.6. The number of amides is 1. The maximum Gasteiger partial charge on any atom is 0.248 e. The van der Waals surface area contributed by atoms with Crippen LogP contribution in [0.5, 0.6) is 0 Å². The summed E-state index contributed by atoms with van der Waals surface area (Å²) in [5.74, 6) is -0.336. The molecule has 1 heterocycles. The number of carbonyl (C=O) groups excluding carboxylic acids is 1. The van der Waals surface area contributed by atoms with E-state index in [2.05, 4.69) is 5.32 Å². The number of nitrogens with one attached hydrogen (secondary N) is 1. The van der Waals surface area contributed by atoms with Gasteiger partial charge in [0.05, 0.1) is 15.9 Å². The van der Waals surface area contributed by atoms with Crippen molar-refractivity contribution in [3.63, 3.8) is 0 Å². The summed E-state index contributed by atoms with van der Waals surface area (Å²) in [7, 11) is -3.31. The predicted octanol–water partition coefficient (Wildman–Crippen LogP) is 4.40. The van der Waals surface area contributed by atoms with E-state index in [0.717, 1.165) is 17.3 Å². The van der Waals surface area contributed by atoms with Crippen molar-refractivity contribution >= 4 is 38.4 Å². The van der Waals surface area contributed by atoms with Gasteiger partial charge in [-0.1, -0.05) is 12.1 Å². The molecule has 7 nitrogen and oxygen atoms in total. The van der Waals surface area contributed by atoms with Crippen molar-refractivity contribution in [1.82, 2.24) is 9.55 Å². The van der Waals surface area contributed by atoms with Crippen molar-refractivity contribution in [3.05, 3.63) is 83.7 Å². The monoisotopic (exact) mass is 480 g/mol. The number of aromatic nitrogens is 2. The molecule has 0 saturated heterocycles. The zero-order chi connectivity index (χ0) is 24.7. The molecule has 0 spiro atoms. The molecule has 9 heteroatoms. The van der Waals surface area contributed by atoms with E-state index in [4.69, 9.17) is 10.7 Å². The number of hydrogen-bond acceptors (Lipinski definition) is 5. The van der Waals surface area contributed by atoms with Gasteiger partial charge in [-0.3, -0.25) is 4.79 Å². The second-order valence-corrected chi connectivity index (χ2v) is 10.9. The largest absolute Gasteiger partial charge is 0.366 e. The normalized spacial score (nSPS) is 12.1. The number of benzene rings is 3. The number of nitrogens with two attached hydrogens (primary N) is 1. The third kappa shape index (κ3) is 4.79. The lowest BCUT2D eigenvalue weighted by Gasteiger charge is -2.30. The lowest BCUT2D eigenvalue weighted by atomic mass is 9.94. The number of hydrogen-bond donors (Lipinski definition) is 2. The first-order valence-corrected chi connectivity index (χ1v) is 12.5. The van der Waals surface area contributed by atoms with Crippen LogP contribution < -0.4 is 11.1 Å². The van der Waals surface area contributed by atoms with Crippen LogP contribution >= 0.6 is 0 Å². The van der Waals surface area contributed by atoms with Crippen molar-refractivity contribution in [3.8, 4) is 0 Å². The number of carbonyl (C=O) groups is 1. The summed E-state index contributed by atoms with van der Waals surface area (Å²) in [6.45, 7) is 4.08. The Balaban J connectivity index is 1.80. The van der Waals surface area contributed by atoms with Crippen molar-refractivity contribution in [2.45, 2.75) is 30.7 Å². The van der Waals surface area contributed by atoms with Crippen molar-refractivity contribution in [2.75, 3.05) is 11.6 Å². The molecular formula is C25H25FN4O3S. The Morgan fingerprint density at radius 1 is 1.06 bits per heavy atom. The lowest BCUT2D eigenvalue weighted by molar-refractivity contribution is 0.100. The van der Waals surface area contributed by atoms with Crippen LogP contribution in [0.2, 0.25) is 0 Å². The molecule has 34 heavy (non-hydrogen) atoms. The fraction of sp³-hybridized carbons (Fsp3) is 0.200. The first kappa shape index (κ1) is 23.4. The molecule has 0 bridgehead atoms. The summed E-state index contributed by atoms with van der Waals surface area (Å²) in [6.07, 6.45) is 1.74. The Hall–Kier alpha value is -3.72. The smallest absolute Gasteiger partial charge is 0.248 e. The molecule has 3 aromatic carbocycles. The second kappa shape index (κ2) is 8.57. The summed E-state index contributed by atoms with van der Waals surface area (Å²) in [4.78, 5) is 16.6. The van der Waals surface area contributed by atoms with Gasteiger partial charge in [0.2, 0.25) is 11.9 Å². The van der Waals surface area contributed by atoms with Gasteiger partial charge in [-0.15, -0.1) is 0 Å². The van der Waals surface area contributed by atoms with Gasteiger partial charge in [-0.2, -0.15) is 0 Å². The number of halogens is 1. The van der Waals surface area contributed by atoms with Crippen LogP contribution in [0, 0.1) is 5.82 Å². The third-order valence-corrected chi connectivity index (χ3v) is 6.76. The topological polar surface area (TPSA) is 107 Å². The van der Waals surface area contributed by atoms with Crippen LogP contribution in [-0.2, 0) is 21.8 Å². The molecule has 3 N–H and O–H groups in total. The predicted molar refractivity (Wildman–Crippen MR) is 131 cm³/mol. The molecule has 4 aromatic rings. The SMILES string of the molecule is CC(C)(Cc1ccc(F)cc1)n1c(Nc2ccc(S(C)(=O)=O)cc2)nc2cc(C(N)=O)ccc21. The highest BCUT2D eigenvalue weighted by atomic mass is 32.2. The Kier molecular flexibility index (Phi) is 5.91. The number of fused-ring (bicyclic) bond motifs is 1. The number of sulfone groups is 1. The minimum absolute atomic E-state index is 0.217. The van der Waals surface area contributed by atoms with Gasteiger partial charge < -0.3 is 15.6 Å². The van der Waals surface area contributed by atoms with Gasteiger partial charge in [0.15, 0.2) is 9.84 Å². The molecular weight excluding hydrogens is 455 g/mol. The van der Waals surface area contributed by atoms with E-state index in [1.807, 2.05) is 18.4 Å². The molecule has 0 fully saturated rings. The molecule has 1 amide bonds. The highest BCUT2D eigenvalue weighted by Gasteiger charge is 2.27. The molecule has 1 aromatic heterocycles. The van der Waals surface area contributed by atoms with Crippen LogP contribution in [0.1, 0.15) is 29.8 Å². The van der Waals surface area contributed by atoms with Gasteiger partial charge in [0.25, 0.3) is 0 Å². The first-order chi connectivity index (χ1) is 15.9. The molecule has 0 atom stereocenters. The number of anilines is 2. The number of imidazole rings is 1. The van der Waals surface area contributed by atoms with Gasteiger partial charge in [-0.05, 0) is 80.4 Å². The maximum absolute atomic E-state index is 13.4. The summed E-state index contributed by atoms with van der Waals surface area (Å²) >= 11 is 0. The van der Waals surface area contributed by atoms with Crippen molar-refractivity contribution < 1.29 is 17.6 Å². The Bertz CT molecular complexity index is 1480. The van der Waals surface area contributed by atoms with Crippen LogP contribution in [0.25, 0.3) is 11.0 Å². The average molecular weight is 481 g/mol. The maximum atomic E-state index is 13.4. The third-order valence-electron chi connectivity index (χ3n) is 5.63. The van der Waals surface area contributed by atoms with E-state index >= 15 is 0 Å². The Labute approximate surface area is 197 Å². The Morgan fingerprint density at radius 2 is 1.71 bits per heavy atom. The molecule has 0 aliphatic carbocycles. The van der Waals surface area contributed by atoms with Crippen LogP contribution in [0.15, 0.2) is 71.6 Å². The van der Waals surface area contributed by atoms with E-state index in [1.165, 1.54) is 24.3 Å². The van der Waals surface area contributed by atoms with E-state index in [1.54, 1.807) is 42.5 Å². The number of nitrogens with zero attached hydrogens (tertiary/aromatic N) is 2. The molecule has 4 rings (SSSR count). The minimum Gasteiger partial charge on any atom is -0.366 e. The van der Waals surface area contributed by atoms with Crippen LogP contribution in [-0.4, -0.2) is 30.1 Å². The zero-order valence-corrected chi connectivity index (χ0v) is 19.9. The molecule has 0 aliphatic heterocycles. The summed E-state index contributed by atoms with van der Waals surface area (Å²) in [5, 5.41) is 3.27. The minimum atomic E-state index is -3.31. The van der Waals surface area contributed by atoms with Crippen molar-refractivity contribution in [2.24, 2.45) is 5.73 Å². The zero-order valence-electron chi connectivity index (χ0n) is 19.0. The Morgan fingerprint density at radius 3 is 2.29 bits per heavy atom. The molecule has 0 radical (unpaired) electrons. The molecule has 0 aliphatic rings. The molecule has 176 valence electrons. The van der Waals surface area contributed by atoms with E-state index in [9.17, 15) is 17.6 Å². The van der Waals surface area contributed by atoms with Crippen molar-refractivity contribution in [1.29, 1.82) is 0 Å². The second-order valence-electron chi connectivity index (χ2n) is 8.88. The highest BCUT2D eigenvalue weighted by Crippen LogP contribution is 2.33. The molecule has 0 saturated carbocycles. The van der Waals surface area contributed by atoms with Gasteiger partial charge >= 0.3 is 0 Å².